The van der Waals surface area contributed by atoms with Crippen LogP contribution in [0.3, 0.4) is 0 Å². The van der Waals surface area contributed by atoms with Crippen LogP contribution >= 0.6 is 0 Å². The second kappa shape index (κ2) is 14.0. The SMILES string of the molecule is CC(C)CC(NC(=O)C1CCC(CNC(=O)C(Cc2ccccc2)NC(=O)OC(C)(C)C)CC1)C(=O)O. The van der Waals surface area contributed by atoms with Crippen LogP contribution in [0.1, 0.15) is 72.3 Å². The van der Waals surface area contributed by atoms with Gasteiger partial charge < -0.3 is 25.8 Å². The van der Waals surface area contributed by atoms with Crippen LogP contribution in [0.5, 0.6) is 0 Å². The van der Waals surface area contributed by atoms with Crippen molar-refractivity contribution < 1.29 is 29.0 Å². The molecule has 1 aliphatic rings. The molecule has 3 amide bonds. The predicted octanol–water partition coefficient (Wildman–Crippen LogP) is 3.66. The van der Waals surface area contributed by atoms with Gasteiger partial charge in [-0.1, -0.05) is 44.2 Å². The van der Waals surface area contributed by atoms with Gasteiger partial charge in [-0.25, -0.2) is 9.59 Å². The van der Waals surface area contributed by atoms with Gasteiger partial charge in [0, 0.05) is 18.9 Å². The Balaban J connectivity index is 1.88. The second-order valence-electron chi connectivity index (χ2n) is 11.4. The minimum absolute atomic E-state index is 0.163. The molecule has 0 heterocycles. The number of carboxylic acids is 1. The van der Waals surface area contributed by atoms with Gasteiger partial charge in [0.2, 0.25) is 11.8 Å². The highest BCUT2D eigenvalue weighted by Crippen LogP contribution is 2.29. The van der Waals surface area contributed by atoms with E-state index in [2.05, 4.69) is 16.0 Å². The van der Waals surface area contributed by atoms with E-state index in [-0.39, 0.29) is 29.6 Å². The van der Waals surface area contributed by atoms with Crippen LogP contribution in [0.2, 0.25) is 0 Å². The average molecular weight is 518 g/mol. The second-order valence-corrected chi connectivity index (χ2v) is 11.4. The fourth-order valence-electron chi connectivity index (χ4n) is 4.49. The van der Waals surface area contributed by atoms with E-state index in [9.17, 15) is 24.3 Å². The Hall–Kier alpha value is -3.10. The molecule has 0 spiro atoms. The normalized spacial score (nSPS) is 19.4. The highest BCUT2D eigenvalue weighted by atomic mass is 16.6. The molecule has 0 saturated heterocycles. The summed E-state index contributed by atoms with van der Waals surface area (Å²) in [6, 6.07) is 7.81. The Morgan fingerprint density at radius 1 is 0.973 bits per heavy atom. The van der Waals surface area contributed by atoms with Gasteiger partial charge in [-0.05, 0) is 70.3 Å². The molecular formula is C28H43N3O6. The topological polar surface area (TPSA) is 134 Å². The van der Waals surface area contributed by atoms with Crippen LogP contribution < -0.4 is 16.0 Å². The fourth-order valence-corrected chi connectivity index (χ4v) is 4.49. The van der Waals surface area contributed by atoms with Crippen molar-refractivity contribution in [2.45, 2.75) is 90.8 Å². The average Bonchev–Trinajstić information content (AvgIpc) is 2.81. The third-order valence-corrected chi connectivity index (χ3v) is 6.39. The molecule has 1 saturated carbocycles. The van der Waals surface area contributed by atoms with Crippen LogP contribution in [-0.4, -0.2) is 53.2 Å². The first kappa shape index (κ1) is 30.1. The van der Waals surface area contributed by atoms with E-state index < -0.39 is 29.7 Å². The molecule has 2 unspecified atom stereocenters. The summed E-state index contributed by atoms with van der Waals surface area (Å²) in [5.74, 6) is -1.36. The van der Waals surface area contributed by atoms with Gasteiger partial charge in [-0.3, -0.25) is 9.59 Å². The van der Waals surface area contributed by atoms with Crippen molar-refractivity contribution in [1.29, 1.82) is 0 Å². The van der Waals surface area contributed by atoms with Crippen molar-refractivity contribution in [2.24, 2.45) is 17.8 Å². The van der Waals surface area contributed by atoms with E-state index in [4.69, 9.17) is 4.74 Å². The lowest BCUT2D eigenvalue weighted by Crippen LogP contribution is -2.50. The first-order valence-electron chi connectivity index (χ1n) is 13.2. The minimum Gasteiger partial charge on any atom is -0.480 e. The van der Waals surface area contributed by atoms with E-state index >= 15 is 0 Å². The number of rotatable bonds is 11. The molecule has 1 fully saturated rings. The fraction of sp³-hybridized carbons (Fsp3) is 0.643. The molecule has 0 bridgehead atoms. The third-order valence-electron chi connectivity index (χ3n) is 6.39. The van der Waals surface area contributed by atoms with Crippen molar-refractivity contribution in [2.75, 3.05) is 6.54 Å². The lowest BCUT2D eigenvalue weighted by molar-refractivity contribution is -0.143. The molecule has 2 rings (SSSR count). The first-order valence-corrected chi connectivity index (χ1v) is 13.2. The Bertz CT molecular complexity index is 904. The number of ether oxygens (including phenoxy) is 1. The summed E-state index contributed by atoms with van der Waals surface area (Å²) < 4.78 is 5.34. The lowest BCUT2D eigenvalue weighted by atomic mass is 9.81. The van der Waals surface area contributed by atoms with Crippen molar-refractivity contribution in [3.63, 3.8) is 0 Å². The maximum Gasteiger partial charge on any atom is 0.408 e. The Morgan fingerprint density at radius 3 is 2.14 bits per heavy atom. The van der Waals surface area contributed by atoms with Gasteiger partial charge in [0.05, 0.1) is 0 Å². The molecule has 0 aliphatic heterocycles. The number of aliphatic carboxylic acids is 1. The number of amides is 3. The van der Waals surface area contributed by atoms with E-state index in [0.717, 1.165) is 18.4 Å². The molecule has 2 atom stereocenters. The van der Waals surface area contributed by atoms with Crippen LogP contribution in [-0.2, 0) is 25.5 Å². The third kappa shape index (κ3) is 11.2. The van der Waals surface area contributed by atoms with Crippen molar-refractivity contribution in [3.8, 4) is 0 Å². The Morgan fingerprint density at radius 2 is 1.59 bits per heavy atom. The van der Waals surface area contributed by atoms with Crippen LogP contribution in [0.4, 0.5) is 4.79 Å². The number of alkyl carbamates (subject to hydrolysis) is 1. The van der Waals surface area contributed by atoms with Crippen LogP contribution in [0, 0.1) is 17.8 Å². The van der Waals surface area contributed by atoms with E-state index in [1.54, 1.807) is 20.8 Å². The van der Waals surface area contributed by atoms with Gasteiger partial charge in [0.15, 0.2) is 0 Å². The number of carbonyl (C=O) groups excluding carboxylic acids is 3. The Labute approximate surface area is 220 Å². The summed E-state index contributed by atoms with van der Waals surface area (Å²) in [7, 11) is 0. The molecular weight excluding hydrogens is 474 g/mol. The first-order chi connectivity index (χ1) is 17.3. The predicted molar refractivity (Wildman–Crippen MR) is 141 cm³/mol. The van der Waals surface area contributed by atoms with E-state index in [0.29, 0.717) is 32.2 Å². The molecule has 1 aromatic carbocycles. The molecule has 1 aromatic rings. The summed E-state index contributed by atoms with van der Waals surface area (Å²) >= 11 is 0. The maximum absolute atomic E-state index is 13.0. The Kier molecular flexibility index (Phi) is 11.4. The number of benzene rings is 1. The number of carboxylic acid groups (broad SMARTS) is 1. The molecule has 9 nitrogen and oxygen atoms in total. The summed E-state index contributed by atoms with van der Waals surface area (Å²) in [5, 5.41) is 17.8. The number of hydrogen-bond acceptors (Lipinski definition) is 5. The minimum atomic E-state index is -1.01. The molecule has 9 heteroatoms. The monoisotopic (exact) mass is 517 g/mol. The van der Waals surface area contributed by atoms with Crippen LogP contribution in [0.25, 0.3) is 0 Å². The zero-order chi connectivity index (χ0) is 27.6. The molecule has 0 aromatic heterocycles. The summed E-state index contributed by atoms with van der Waals surface area (Å²) in [6.07, 6.45) is 2.87. The molecule has 0 radical (unpaired) electrons. The molecule has 1 aliphatic carbocycles. The molecule has 37 heavy (non-hydrogen) atoms. The van der Waals surface area contributed by atoms with Gasteiger partial charge in [0.25, 0.3) is 0 Å². The van der Waals surface area contributed by atoms with Crippen molar-refractivity contribution >= 4 is 23.9 Å². The zero-order valence-electron chi connectivity index (χ0n) is 22.7. The maximum atomic E-state index is 13.0. The largest absolute Gasteiger partial charge is 0.480 e. The highest BCUT2D eigenvalue weighted by Gasteiger charge is 2.31. The quantitative estimate of drug-likeness (QED) is 0.354. The van der Waals surface area contributed by atoms with Gasteiger partial charge in [-0.15, -0.1) is 0 Å². The van der Waals surface area contributed by atoms with E-state index in [1.807, 2.05) is 44.2 Å². The summed E-state index contributed by atoms with van der Waals surface area (Å²) in [4.78, 5) is 49.5. The zero-order valence-corrected chi connectivity index (χ0v) is 22.7. The standard InChI is InChI=1S/C28H43N3O6/c1-18(2)15-23(26(34)35)30-24(32)21-13-11-20(12-14-21)17-29-25(33)22(16-19-9-7-6-8-10-19)31-27(36)37-28(3,4)5/h6-10,18,20-23H,11-17H2,1-5H3,(H,29,33)(H,30,32)(H,31,36)(H,34,35). The summed E-state index contributed by atoms with van der Waals surface area (Å²) in [5.41, 5.74) is 0.240. The number of carbonyl (C=O) groups is 4. The number of hydrogen-bond donors (Lipinski definition) is 4. The number of nitrogens with one attached hydrogen (secondary N) is 3. The highest BCUT2D eigenvalue weighted by molar-refractivity contribution is 5.86. The lowest BCUT2D eigenvalue weighted by Gasteiger charge is -2.29. The van der Waals surface area contributed by atoms with Crippen molar-refractivity contribution in [3.05, 3.63) is 35.9 Å². The van der Waals surface area contributed by atoms with E-state index in [1.165, 1.54) is 0 Å². The summed E-state index contributed by atoms with van der Waals surface area (Å²) in [6.45, 7) is 9.59. The van der Waals surface area contributed by atoms with Gasteiger partial charge in [0.1, 0.15) is 17.7 Å². The van der Waals surface area contributed by atoms with Crippen LogP contribution in [0.15, 0.2) is 30.3 Å². The van der Waals surface area contributed by atoms with Crippen molar-refractivity contribution in [1.82, 2.24) is 16.0 Å². The van der Waals surface area contributed by atoms with Gasteiger partial charge >= 0.3 is 12.1 Å². The van der Waals surface area contributed by atoms with Gasteiger partial charge in [-0.2, -0.15) is 0 Å². The molecule has 4 N–H and O–H groups in total. The smallest absolute Gasteiger partial charge is 0.408 e. The molecule has 206 valence electrons.